The molecule has 0 bridgehead atoms. The van der Waals surface area contributed by atoms with E-state index in [2.05, 4.69) is 33.0 Å². The summed E-state index contributed by atoms with van der Waals surface area (Å²) in [5.41, 5.74) is 1.60. The molecule has 0 spiro atoms. The van der Waals surface area contributed by atoms with E-state index in [0.29, 0.717) is 0 Å². The molecule has 0 saturated carbocycles. The molecule has 0 radical (unpaired) electrons. The van der Waals surface area contributed by atoms with Gasteiger partial charge in [-0.2, -0.15) is 0 Å². The maximum atomic E-state index is 3.53. The van der Waals surface area contributed by atoms with Crippen molar-refractivity contribution in [1.29, 1.82) is 0 Å². The second-order valence-electron chi connectivity index (χ2n) is 3.92. The summed E-state index contributed by atoms with van der Waals surface area (Å²) in [6, 6.07) is 0. The standard InChI is InChI=1S/C11H16BrN/c12-11-5-3-10(4-6-11)9-13-7-1-2-8-13/h3,5H,1-2,4,6-9H2. The van der Waals surface area contributed by atoms with Crippen LogP contribution in [0.25, 0.3) is 0 Å². The summed E-state index contributed by atoms with van der Waals surface area (Å²) in [5.74, 6) is 0. The average molecular weight is 242 g/mol. The maximum absolute atomic E-state index is 3.53. The van der Waals surface area contributed by atoms with Crippen molar-refractivity contribution in [2.24, 2.45) is 0 Å². The van der Waals surface area contributed by atoms with Gasteiger partial charge in [-0.3, -0.25) is 4.90 Å². The van der Waals surface area contributed by atoms with Crippen LogP contribution in [0, 0.1) is 0 Å². The van der Waals surface area contributed by atoms with Crippen LogP contribution in [0.3, 0.4) is 0 Å². The summed E-state index contributed by atoms with van der Waals surface area (Å²) < 4.78 is 1.35. The van der Waals surface area contributed by atoms with Gasteiger partial charge in [-0.1, -0.05) is 33.7 Å². The van der Waals surface area contributed by atoms with Gasteiger partial charge >= 0.3 is 0 Å². The molecule has 2 heteroatoms. The first-order chi connectivity index (χ1) is 6.34. The molecular formula is C11H16BrN. The molecule has 1 saturated heterocycles. The molecular weight excluding hydrogens is 226 g/mol. The summed E-state index contributed by atoms with van der Waals surface area (Å²) >= 11 is 3.53. The van der Waals surface area contributed by atoms with Crippen LogP contribution in [0.15, 0.2) is 22.2 Å². The van der Waals surface area contributed by atoms with E-state index in [1.54, 1.807) is 5.57 Å². The second kappa shape index (κ2) is 4.43. The molecule has 0 aromatic heterocycles. The largest absolute Gasteiger partial charge is 0.299 e. The Labute approximate surface area is 88.6 Å². The first-order valence-electron chi connectivity index (χ1n) is 5.11. The minimum atomic E-state index is 1.19. The summed E-state index contributed by atoms with van der Waals surface area (Å²) in [7, 11) is 0. The minimum absolute atomic E-state index is 1.19. The molecule has 1 fully saturated rings. The number of hydrogen-bond acceptors (Lipinski definition) is 1. The van der Waals surface area contributed by atoms with Crippen LogP contribution in [0.4, 0.5) is 0 Å². The van der Waals surface area contributed by atoms with Gasteiger partial charge in [0.15, 0.2) is 0 Å². The summed E-state index contributed by atoms with van der Waals surface area (Å²) in [6.07, 6.45) is 9.72. The molecule has 1 heterocycles. The second-order valence-corrected chi connectivity index (χ2v) is 4.94. The number of rotatable bonds is 2. The SMILES string of the molecule is BrC1=CC=C(CN2CCCC2)CC1. The van der Waals surface area contributed by atoms with Crippen LogP contribution in [0.1, 0.15) is 25.7 Å². The minimum Gasteiger partial charge on any atom is -0.299 e. The number of allylic oxidation sites excluding steroid dienone is 3. The van der Waals surface area contributed by atoms with E-state index in [-0.39, 0.29) is 0 Å². The van der Waals surface area contributed by atoms with Gasteiger partial charge in [0.1, 0.15) is 0 Å². The van der Waals surface area contributed by atoms with Gasteiger partial charge in [-0.25, -0.2) is 0 Å². The van der Waals surface area contributed by atoms with Gasteiger partial charge in [0, 0.05) is 6.54 Å². The van der Waals surface area contributed by atoms with Crippen molar-refractivity contribution in [2.45, 2.75) is 25.7 Å². The van der Waals surface area contributed by atoms with E-state index in [9.17, 15) is 0 Å². The normalized spacial score (nSPS) is 24.4. The molecule has 0 unspecified atom stereocenters. The molecule has 0 aromatic carbocycles. The van der Waals surface area contributed by atoms with E-state index in [0.717, 1.165) is 0 Å². The van der Waals surface area contributed by atoms with Crippen molar-refractivity contribution in [1.82, 2.24) is 4.90 Å². The number of hydrogen-bond donors (Lipinski definition) is 0. The fourth-order valence-corrected chi connectivity index (χ4v) is 2.35. The Kier molecular flexibility index (Phi) is 3.23. The Balaban J connectivity index is 1.87. The molecule has 1 nitrogen and oxygen atoms in total. The molecule has 2 rings (SSSR count). The zero-order chi connectivity index (χ0) is 9.10. The van der Waals surface area contributed by atoms with Crippen LogP contribution in [0.2, 0.25) is 0 Å². The lowest BCUT2D eigenvalue weighted by Gasteiger charge is -2.18. The zero-order valence-electron chi connectivity index (χ0n) is 7.93. The lowest BCUT2D eigenvalue weighted by Crippen LogP contribution is -2.22. The van der Waals surface area contributed by atoms with Gasteiger partial charge < -0.3 is 0 Å². The number of likely N-dealkylation sites (tertiary alicyclic amines) is 1. The third kappa shape index (κ3) is 2.68. The molecule has 2 aliphatic rings. The first kappa shape index (κ1) is 9.47. The molecule has 0 atom stereocenters. The van der Waals surface area contributed by atoms with E-state index in [1.807, 2.05) is 0 Å². The van der Waals surface area contributed by atoms with Crippen molar-refractivity contribution >= 4 is 15.9 Å². The van der Waals surface area contributed by atoms with Crippen molar-refractivity contribution in [3.05, 3.63) is 22.2 Å². The zero-order valence-corrected chi connectivity index (χ0v) is 9.52. The molecule has 13 heavy (non-hydrogen) atoms. The Morgan fingerprint density at radius 3 is 2.54 bits per heavy atom. The van der Waals surface area contributed by atoms with Crippen LogP contribution in [-0.4, -0.2) is 24.5 Å². The lowest BCUT2D eigenvalue weighted by atomic mass is 10.1. The molecule has 0 amide bonds. The molecule has 0 N–H and O–H groups in total. The van der Waals surface area contributed by atoms with Crippen molar-refractivity contribution in [2.75, 3.05) is 19.6 Å². The highest BCUT2D eigenvalue weighted by molar-refractivity contribution is 9.11. The average Bonchev–Trinajstić information content (AvgIpc) is 2.62. The van der Waals surface area contributed by atoms with Crippen LogP contribution < -0.4 is 0 Å². The van der Waals surface area contributed by atoms with Gasteiger partial charge in [0.25, 0.3) is 0 Å². The fourth-order valence-electron chi connectivity index (χ4n) is 2.01. The highest BCUT2D eigenvalue weighted by Crippen LogP contribution is 2.23. The van der Waals surface area contributed by atoms with Crippen LogP contribution in [0.5, 0.6) is 0 Å². The van der Waals surface area contributed by atoms with E-state index in [4.69, 9.17) is 0 Å². The Morgan fingerprint density at radius 2 is 1.92 bits per heavy atom. The molecule has 1 aliphatic heterocycles. The van der Waals surface area contributed by atoms with E-state index in [1.165, 1.54) is 49.8 Å². The smallest absolute Gasteiger partial charge is 0.0196 e. The fraction of sp³-hybridized carbons (Fsp3) is 0.636. The molecule has 72 valence electrons. The lowest BCUT2D eigenvalue weighted by molar-refractivity contribution is 0.364. The number of nitrogens with zero attached hydrogens (tertiary/aromatic N) is 1. The topological polar surface area (TPSA) is 3.24 Å². The predicted molar refractivity (Wildman–Crippen MR) is 60.0 cm³/mol. The van der Waals surface area contributed by atoms with Crippen LogP contribution in [-0.2, 0) is 0 Å². The summed E-state index contributed by atoms with van der Waals surface area (Å²) in [4.78, 5) is 2.57. The number of halogens is 1. The van der Waals surface area contributed by atoms with E-state index >= 15 is 0 Å². The molecule has 1 aliphatic carbocycles. The van der Waals surface area contributed by atoms with Crippen molar-refractivity contribution in [3.8, 4) is 0 Å². The Morgan fingerprint density at radius 1 is 1.15 bits per heavy atom. The predicted octanol–water partition coefficient (Wildman–Crippen LogP) is 3.08. The van der Waals surface area contributed by atoms with Crippen molar-refractivity contribution in [3.63, 3.8) is 0 Å². The summed E-state index contributed by atoms with van der Waals surface area (Å²) in [5, 5.41) is 0. The maximum Gasteiger partial charge on any atom is 0.0196 e. The Bertz CT molecular complexity index is 236. The third-order valence-corrected chi connectivity index (χ3v) is 3.47. The summed E-state index contributed by atoms with van der Waals surface area (Å²) in [6.45, 7) is 3.82. The first-order valence-corrected chi connectivity index (χ1v) is 5.90. The van der Waals surface area contributed by atoms with Gasteiger partial charge in [-0.05, 0) is 43.3 Å². The monoisotopic (exact) mass is 241 g/mol. The third-order valence-electron chi connectivity index (χ3n) is 2.81. The van der Waals surface area contributed by atoms with Gasteiger partial charge in [0.2, 0.25) is 0 Å². The Hall–Kier alpha value is -0.0800. The van der Waals surface area contributed by atoms with Gasteiger partial charge in [-0.15, -0.1) is 0 Å². The van der Waals surface area contributed by atoms with E-state index < -0.39 is 0 Å². The van der Waals surface area contributed by atoms with Gasteiger partial charge in [0.05, 0.1) is 0 Å². The molecule has 0 aromatic rings. The highest BCUT2D eigenvalue weighted by atomic mass is 79.9. The highest BCUT2D eigenvalue weighted by Gasteiger charge is 2.13. The van der Waals surface area contributed by atoms with Crippen molar-refractivity contribution < 1.29 is 0 Å². The van der Waals surface area contributed by atoms with Crippen LogP contribution >= 0.6 is 15.9 Å². The quantitative estimate of drug-likeness (QED) is 0.719.